The van der Waals surface area contributed by atoms with Crippen molar-refractivity contribution >= 4 is 16.9 Å². The summed E-state index contributed by atoms with van der Waals surface area (Å²) >= 11 is 0. The molecule has 1 aromatic heterocycles. The van der Waals surface area contributed by atoms with E-state index >= 15 is 0 Å². The van der Waals surface area contributed by atoms with E-state index in [9.17, 15) is 9.59 Å². The van der Waals surface area contributed by atoms with Crippen LogP contribution in [0.15, 0.2) is 45.6 Å². The quantitative estimate of drug-likeness (QED) is 0.434. The molecule has 0 N–H and O–H groups in total. The lowest BCUT2D eigenvalue weighted by molar-refractivity contribution is 0.0314. The Labute approximate surface area is 211 Å². The van der Waals surface area contributed by atoms with E-state index in [4.69, 9.17) is 13.9 Å². The molecule has 1 unspecified atom stereocenters. The molecule has 1 saturated heterocycles. The zero-order chi connectivity index (χ0) is 25.2. The first-order valence-corrected chi connectivity index (χ1v) is 12.9. The number of morpholine rings is 1. The molecule has 0 radical (unpaired) electrons. The van der Waals surface area contributed by atoms with E-state index in [1.807, 2.05) is 50.2 Å². The number of ether oxygens (including phenoxy) is 2. The Hall–Kier alpha value is -3.16. The van der Waals surface area contributed by atoms with Gasteiger partial charge in [-0.25, -0.2) is 0 Å². The molecule has 2 aliphatic heterocycles. The fraction of sp³-hybridized carbons (Fsp3) is 0.448. The van der Waals surface area contributed by atoms with Crippen molar-refractivity contribution in [3.63, 3.8) is 0 Å². The van der Waals surface area contributed by atoms with Crippen LogP contribution in [-0.2, 0) is 4.74 Å². The summed E-state index contributed by atoms with van der Waals surface area (Å²) in [7, 11) is 0. The van der Waals surface area contributed by atoms with Gasteiger partial charge >= 0.3 is 0 Å². The fourth-order valence-corrected chi connectivity index (χ4v) is 5.01. The number of rotatable bonds is 8. The molecular weight excluding hydrogens is 456 g/mol. The second-order valence-corrected chi connectivity index (χ2v) is 9.73. The lowest BCUT2D eigenvalue weighted by atomic mass is 9.97. The van der Waals surface area contributed by atoms with Crippen molar-refractivity contribution in [2.24, 2.45) is 0 Å². The Morgan fingerprint density at radius 3 is 2.44 bits per heavy atom. The number of aryl methyl sites for hydroxylation is 2. The Kier molecular flexibility index (Phi) is 7.12. The van der Waals surface area contributed by atoms with Crippen molar-refractivity contribution < 1.29 is 18.7 Å². The maximum atomic E-state index is 13.8. The van der Waals surface area contributed by atoms with E-state index in [1.54, 1.807) is 4.90 Å². The predicted octanol–water partition coefficient (Wildman–Crippen LogP) is 4.47. The van der Waals surface area contributed by atoms with E-state index in [-0.39, 0.29) is 17.1 Å². The molecule has 1 amide bonds. The van der Waals surface area contributed by atoms with Crippen LogP contribution in [-0.4, -0.2) is 61.7 Å². The minimum absolute atomic E-state index is 0.134. The molecule has 2 aliphatic rings. The molecule has 0 spiro atoms. The number of fused-ring (bicyclic) bond motifs is 2. The summed E-state index contributed by atoms with van der Waals surface area (Å²) in [5.41, 5.74) is 3.68. The van der Waals surface area contributed by atoms with Gasteiger partial charge in [0.05, 0.1) is 36.8 Å². The highest BCUT2D eigenvalue weighted by molar-refractivity contribution is 5.99. The second kappa shape index (κ2) is 10.4. The number of amides is 1. The summed E-state index contributed by atoms with van der Waals surface area (Å²) in [6, 6.07) is 11.0. The molecule has 0 aliphatic carbocycles. The largest absolute Gasteiger partial charge is 0.494 e. The minimum Gasteiger partial charge on any atom is -0.494 e. The average molecular weight is 491 g/mol. The topological polar surface area (TPSA) is 72.2 Å². The molecule has 1 atom stereocenters. The first-order valence-electron chi connectivity index (χ1n) is 12.9. The maximum Gasteiger partial charge on any atom is 0.290 e. The van der Waals surface area contributed by atoms with Gasteiger partial charge in [0.25, 0.3) is 5.91 Å². The Balaban J connectivity index is 1.54. The highest BCUT2D eigenvalue weighted by atomic mass is 16.5. The number of hydrogen-bond donors (Lipinski definition) is 0. The summed E-state index contributed by atoms with van der Waals surface area (Å²) < 4.78 is 17.5. The summed E-state index contributed by atoms with van der Waals surface area (Å²) in [5.74, 6) is 0.711. The molecule has 2 aromatic carbocycles. The number of carbonyl (C=O) groups excluding carboxylic acids is 1. The molecule has 190 valence electrons. The number of benzene rings is 2. The average Bonchev–Trinajstić information content (AvgIpc) is 3.17. The maximum absolute atomic E-state index is 13.8. The highest BCUT2D eigenvalue weighted by Crippen LogP contribution is 2.38. The molecule has 3 heterocycles. The van der Waals surface area contributed by atoms with E-state index < -0.39 is 6.04 Å². The molecule has 36 heavy (non-hydrogen) atoms. The molecule has 7 heteroatoms. The van der Waals surface area contributed by atoms with Gasteiger partial charge in [-0.15, -0.1) is 0 Å². The van der Waals surface area contributed by atoms with Crippen LogP contribution in [0.4, 0.5) is 0 Å². The summed E-state index contributed by atoms with van der Waals surface area (Å²) in [6.07, 6.45) is 2.06. The number of hydrogen-bond acceptors (Lipinski definition) is 6. The monoisotopic (exact) mass is 490 g/mol. The predicted molar refractivity (Wildman–Crippen MR) is 139 cm³/mol. The van der Waals surface area contributed by atoms with Gasteiger partial charge in [0.15, 0.2) is 5.43 Å². The summed E-state index contributed by atoms with van der Waals surface area (Å²) in [5, 5.41) is 0.518. The van der Waals surface area contributed by atoms with Gasteiger partial charge in [-0.1, -0.05) is 25.5 Å². The smallest absolute Gasteiger partial charge is 0.290 e. The number of unbranched alkanes of at least 4 members (excludes halogenated alkanes) is 1. The normalized spacial score (nSPS) is 18.1. The van der Waals surface area contributed by atoms with Gasteiger partial charge in [0, 0.05) is 26.2 Å². The van der Waals surface area contributed by atoms with Gasteiger partial charge in [-0.3, -0.25) is 14.5 Å². The van der Waals surface area contributed by atoms with Crippen molar-refractivity contribution in [2.75, 3.05) is 46.0 Å². The highest BCUT2D eigenvalue weighted by Gasteiger charge is 2.42. The zero-order valence-electron chi connectivity index (χ0n) is 21.3. The third kappa shape index (κ3) is 4.65. The van der Waals surface area contributed by atoms with E-state index in [1.165, 1.54) is 0 Å². The van der Waals surface area contributed by atoms with Crippen molar-refractivity contribution in [1.29, 1.82) is 0 Å². The lowest BCUT2D eigenvalue weighted by Gasteiger charge is -2.31. The molecule has 0 bridgehead atoms. The van der Waals surface area contributed by atoms with Crippen LogP contribution >= 0.6 is 0 Å². The fourth-order valence-electron chi connectivity index (χ4n) is 5.01. The van der Waals surface area contributed by atoms with Crippen LogP contribution in [0.25, 0.3) is 11.0 Å². The third-order valence-electron chi connectivity index (χ3n) is 7.31. The summed E-state index contributed by atoms with van der Waals surface area (Å²) in [6.45, 7) is 11.0. The van der Waals surface area contributed by atoms with Gasteiger partial charge < -0.3 is 18.8 Å². The van der Waals surface area contributed by atoms with Crippen LogP contribution in [0.5, 0.6) is 5.75 Å². The van der Waals surface area contributed by atoms with Crippen molar-refractivity contribution in [3.05, 3.63) is 74.6 Å². The first-order chi connectivity index (χ1) is 17.5. The van der Waals surface area contributed by atoms with Crippen molar-refractivity contribution in [3.8, 4) is 5.75 Å². The first kappa shape index (κ1) is 24.5. The molecule has 3 aromatic rings. The van der Waals surface area contributed by atoms with Crippen LogP contribution in [0, 0.1) is 13.8 Å². The minimum atomic E-state index is -0.500. The van der Waals surface area contributed by atoms with E-state index in [0.29, 0.717) is 49.4 Å². The van der Waals surface area contributed by atoms with Gasteiger partial charge in [0.1, 0.15) is 11.3 Å². The van der Waals surface area contributed by atoms with Gasteiger partial charge in [0.2, 0.25) is 5.76 Å². The Morgan fingerprint density at radius 1 is 1.00 bits per heavy atom. The van der Waals surface area contributed by atoms with E-state index in [0.717, 1.165) is 48.4 Å². The van der Waals surface area contributed by atoms with Crippen LogP contribution in [0.1, 0.15) is 58.6 Å². The van der Waals surface area contributed by atoms with Crippen molar-refractivity contribution in [2.45, 2.75) is 39.7 Å². The molecule has 1 fully saturated rings. The van der Waals surface area contributed by atoms with Crippen molar-refractivity contribution in [1.82, 2.24) is 9.80 Å². The third-order valence-corrected chi connectivity index (χ3v) is 7.31. The Morgan fingerprint density at radius 2 is 1.72 bits per heavy atom. The summed E-state index contributed by atoms with van der Waals surface area (Å²) in [4.78, 5) is 31.6. The number of nitrogens with zero attached hydrogens (tertiary/aromatic N) is 2. The second-order valence-electron chi connectivity index (χ2n) is 9.73. The van der Waals surface area contributed by atoms with Crippen LogP contribution < -0.4 is 10.2 Å². The lowest BCUT2D eigenvalue weighted by Crippen LogP contribution is -2.42. The molecular formula is C29H34N2O5. The van der Waals surface area contributed by atoms with Gasteiger partial charge in [-0.2, -0.15) is 0 Å². The molecule has 7 nitrogen and oxygen atoms in total. The zero-order valence-corrected chi connectivity index (χ0v) is 21.3. The standard InChI is InChI=1S/C29H34N2O5/c1-4-5-14-35-22-8-6-21(7-9-22)26-25-27(32)23-17-19(2)20(3)18-24(23)36-28(25)29(33)31(26)11-10-30-12-15-34-16-13-30/h6-9,17-18,26H,4-5,10-16H2,1-3H3. The molecule has 5 rings (SSSR count). The molecule has 0 saturated carbocycles. The SMILES string of the molecule is CCCCOc1ccc(C2c3c(oc4cc(C)c(C)cc4c3=O)C(=O)N2CCN2CCOCC2)cc1. The van der Waals surface area contributed by atoms with E-state index in [2.05, 4.69) is 11.8 Å². The van der Waals surface area contributed by atoms with Crippen LogP contribution in [0.3, 0.4) is 0 Å². The van der Waals surface area contributed by atoms with Gasteiger partial charge in [-0.05, 0) is 61.2 Å². The van der Waals surface area contributed by atoms with Crippen LogP contribution in [0.2, 0.25) is 0 Å². The number of carbonyl (C=O) groups is 1. The Bertz CT molecular complexity index is 1310.